The molecule has 0 fully saturated rings. The summed E-state index contributed by atoms with van der Waals surface area (Å²) in [5.41, 5.74) is 6.25. The van der Waals surface area contributed by atoms with Gasteiger partial charge in [0.15, 0.2) is 0 Å². The van der Waals surface area contributed by atoms with E-state index >= 15 is 0 Å². The van der Waals surface area contributed by atoms with Crippen LogP contribution in [0.3, 0.4) is 0 Å². The SMILES string of the molecule is CCCCC(CC)(CN)CCOc1ccc(Br)cc1. The van der Waals surface area contributed by atoms with Crippen molar-refractivity contribution in [2.24, 2.45) is 11.1 Å². The summed E-state index contributed by atoms with van der Waals surface area (Å²) in [7, 11) is 0. The Bertz CT molecular complexity index is 346. The Balaban J connectivity index is 2.45. The summed E-state index contributed by atoms with van der Waals surface area (Å²) >= 11 is 3.42. The lowest BCUT2D eigenvalue weighted by Crippen LogP contribution is -2.31. The molecule has 2 nitrogen and oxygen atoms in total. The Kier molecular flexibility index (Phi) is 7.47. The highest BCUT2D eigenvalue weighted by Gasteiger charge is 2.25. The van der Waals surface area contributed by atoms with Crippen LogP contribution in [0.25, 0.3) is 0 Å². The molecule has 0 amide bonds. The molecular weight excluding hydrogens is 302 g/mol. The first kappa shape index (κ1) is 16.5. The van der Waals surface area contributed by atoms with Gasteiger partial charge in [-0.15, -0.1) is 0 Å². The number of hydrogen-bond donors (Lipinski definition) is 1. The number of rotatable bonds is 9. The maximum atomic E-state index is 6.00. The zero-order valence-corrected chi connectivity index (χ0v) is 13.7. The fourth-order valence-corrected chi connectivity index (χ4v) is 2.56. The van der Waals surface area contributed by atoms with Gasteiger partial charge in [-0.05, 0) is 55.5 Å². The van der Waals surface area contributed by atoms with E-state index < -0.39 is 0 Å². The monoisotopic (exact) mass is 327 g/mol. The molecule has 1 rings (SSSR count). The average Bonchev–Trinajstić information content (AvgIpc) is 2.45. The van der Waals surface area contributed by atoms with Crippen LogP contribution in [-0.2, 0) is 0 Å². The van der Waals surface area contributed by atoms with Crippen molar-refractivity contribution < 1.29 is 4.74 Å². The number of benzene rings is 1. The van der Waals surface area contributed by atoms with E-state index in [4.69, 9.17) is 10.5 Å². The lowest BCUT2D eigenvalue weighted by atomic mass is 9.77. The van der Waals surface area contributed by atoms with Gasteiger partial charge >= 0.3 is 0 Å². The van der Waals surface area contributed by atoms with Crippen LogP contribution in [0.1, 0.15) is 46.0 Å². The normalized spacial score (nSPS) is 14.1. The third-order valence-electron chi connectivity index (χ3n) is 3.96. The summed E-state index contributed by atoms with van der Waals surface area (Å²) in [5, 5.41) is 0. The molecule has 108 valence electrons. The molecule has 1 aromatic rings. The summed E-state index contributed by atoms with van der Waals surface area (Å²) in [6.45, 7) is 5.97. The van der Waals surface area contributed by atoms with Gasteiger partial charge in [-0.2, -0.15) is 0 Å². The van der Waals surface area contributed by atoms with E-state index in [0.29, 0.717) is 0 Å². The van der Waals surface area contributed by atoms with Crippen molar-refractivity contribution in [3.63, 3.8) is 0 Å². The zero-order valence-electron chi connectivity index (χ0n) is 12.1. The third-order valence-corrected chi connectivity index (χ3v) is 4.49. The molecule has 19 heavy (non-hydrogen) atoms. The number of nitrogens with two attached hydrogens (primary N) is 1. The van der Waals surface area contributed by atoms with Crippen molar-refractivity contribution in [3.05, 3.63) is 28.7 Å². The Hall–Kier alpha value is -0.540. The molecular formula is C16H26BrNO. The second-order valence-electron chi connectivity index (χ2n) is 5.21. The molecule has 0 saturated carbocycles. The molecule has 0 heterocycles. The smallest absolute Gasteiger partial charge is 0.119 e. The van der Waals surface area contributed by atoms with E-state index in [1.807, 2.05) is 24.3 Å². The summed E-state index contributed by atoms with van der Waals surface area (Å²) in [6.07, 6.45) is 5.86. The van der Waals surface area contributed by atoms with Gasteiger partial charge in [-0.1, -0.05) is 42.6 Å². The van der Waals surface area contributed by atoms with Crippen molar-refractivity contribution in [3.8, 4) is 5.75 Å². The van der Waals surface area contributed by atoms with Crippen molar-refractivity contribution in [2.75, 3.05) is 13.2 Å². The van der Waals surface area contributed by atoms with Crippen LogP contribution in [0, 0.1) is 5.41 Å². The predicted octanol–water partition coefficient (Wildman–Crippen LogP) is 4.76. The maximum Gasteiger partial charge on any atom is 0.119 e. The minimum absolute atomic E-state index is 0.255. The number of halogens is 1. The molecule has 0 radical (unpaired) electrons. The minimum atomic E-state index is 0.255. The number of hydrogen-bond acceptors (Lipinski definition) is 2. The second-order valence-corrected chi connectivity index (χ2v) is 6.13. The predicted molar refractivity (Wildman–Crippen MR) is 85.6 cm³/mol. The fraction of sp³-hybridized carbons (Fsp3) is 0.625. The molecule has 0 aliphatic carbocycles. The standard InChI is InChI=1S/C16H26BrNO/c1-3-5-10-16(4-2,13-18)11-12-19-15-8-6-14(17)7-9-15/h6-9H,3-5,10-13,18H2,1-2H3. The van der Waals surface area contributed by atoms with E-state index in [-0.39, 0.29) is 5.41 Å². The molecule has 2 N–H and O–H groups in total. The molecule has 3 heteroatoms. The highest BCUT2D eigenvalue weighted by Crippen LogP contribution is 2.31. The molecule has 1 unspecified atom stereocenters. The second kappa shape index (κ2) is 8.60. The van der Waals surface area contributed by atoms with Crippen LogP contribution in [0.15, 0.2) is 28.7 Å². The van der Waals surface area contributed by atoms with Crippen LogP contribution < -0.4 is 10.5 Å². The molecule has 1 atom stereocenters. The topological polar surface area (TPSA) is 35.2 Å². The van der Waals surface area contributed by atoms with Crippen LogP contribution in [0.5, 0.6) is 5.75 Å². The summed E-state index contributed by atoms with van der Waals surface area (Å²) < 4.78 is 6.90. The largest absolute Gasteiger partial charge is 0.494 e. The molecule has 0 saturated heterocycles. The molecule has 1 aromatic carbocycles. The first-order chi connectivity index (χ1) is 9.15. The Morgan fingerprint density at radius 1 is 1.16 bits per heavy atom. The van der Waals surface area contributed by atoms with Gasteiger partial charge in [-0.3, -0.25) is 0 Å². The van der Waals surface area contributed by atoms with Gasteiger partial charge in [0.2, 0.25) is 0 Å². The fourth-order valence-electron chi connectivity index (χ4n) is 2.30. The van der Waals surface area contributed by atoms with Gasteiger partial charge in [0.05, 0.1) is 6.61 Å². The first-order valence-electron chi connectivity index (χ1n) is 7.24. The van der Waals surface area contributed by atoms with Crippen molar-refractivity contribution in [1.82, 2.24) is 0 Å². The summed E-state index contributed by atoms with van der Waals surface area (Å²) in [5.74, 6) is 0.931. The third kappa shape index (κ3) is 5.53. The van der Waals surface area contributed by atoms with E-state index in [0.717, 1.165) is 36.2 Å². The van der Waals surface area contributed by atoms with Crippen molar-refractivity contribution in [1.29, 1.82) is 0 Å². The molecule has 0 spiro atoms. The van der Waals surface area contributed by atoms with Gasteiger partial charge < -0.3 is 10.5 Å². The lowest BCUT2D eigenvalue weighted by Gasteiger charge is -2.31. The van der Waals surface area contributed by atoms with Crippen LogP contribution >= 0.6 is 15.9 Å². The Labute approximate surface area is 125 Å². The zero-order chi connectivity index (χ0) is 14.1. The average molecular weight is 328 g/mol. The van der Waals surface area contributed by atoms with Gasteiger partial charge in [0.1, 0.15) is 5.75 Å². The van der Waals surface area contributed by atoms with E-state index in [1.54, 1.807) is 0 Å². The van der Waals surface area contributed by atoms with Crippen molar-refractivity contribution >= 4 is 15.9 Å². The summed E-state index contributed by atoms with van der Waals surface area (Å²) in [6, 6.07) is 7.99. The Morgan fingerprint density at radius 2 is 1.84 bits per heavy atom. The first-order valence-corrected chi connectivity index (χ1v) is 8.03. The molecule has 0 aromatic heterocycles. The van der Waals surface area contributed by atoms with Crippen LogP contribution in [0.2, 0.25) is 0 Å². The Morgan fingerprint density at radius 3 is 2.37 bits per heavy atom. The van der Waals surface area contributed by atoms with E-state index in [2.05, 4.69) is 29.8 Å². The summed E-state index contributed by atoms with van der Waals surface area (Å²) in [4.78, 5) is 0. The molecule has 0 aliphatic heterocycles. The minimum Gasteiger partial charge on any atom is -0.494 e. The van der Waals surface area contributed by atoms with Gasteiger partial charge in [0.25, 0.3) is 0 Å². The van der Waals surface area contributed by atoms with Crippen molar-refractivity contribution in [2.45, 2.75) is 46.0 Å². The number of ether oxygens (including phenoxy) is 1. The maximum absolute atomic E-state index is 6.00. The van der Waals surface area contributed by atoms with Crippen LogP contribution in [0.4, 0.5) is 0 Å². The van der Waals surface area contributed by atoms with E-state index in [1.165, 1.54) is 19.3 Å². The van der Waals surface area contributed by atoms with Gasteiger partial charge in [0, 0.05) is 4.47 Å². The quantitative estimate of drug-likeness (QED) is 0.709. The highest BCUT2D eigenvalue weighted by molar-refractivity contribution is 9.10. The molecule has 0 aliphatic rings. The van der Waals surface area contributed by atoms with Gasteiger partial charge in [-0.25, -0.2) is 0 Å². The number of unbranched alkanes of at least 4 members (excludes halogenated alkanes) is 1. The lowest BCUT2D eigenvalue weighted by molar-refractivity contribution is 0.177. The van der Waals surface area contributed by atoms with E-state index in [9.17, 15) is 0 Å². The highest BCUT2D eigenvalue weighted by atomic mass is 79.9. The molecule has 0 bridgehead atoms. The van der Waals surface area contributed by atoms with Crippen LogP contribution in [-0.4, -0.2) is 13.2 Å².